The lowest BCUT2D eigenvalue weighted by Gasteiger charge is -1.94. The zero-order valence-electron chi connectivity index (χ0n) is 5.89. The first kappa shape index (κ1) is 13.6. The lowest BCUT2D eigenvalue weighted by Crippen LogP contribution is -3.00. The summed E-state index contributed by atoms with van der Waals surface area (Å²) in [6.45, 7) is 0.315. The molecular formula is C6H12Br2OS. The molecule has 0 aromatic rings. The van der Waals surface area contributed by atoms with Crippen LogP contribution in [0.5, 0.6) is 0 Å². The maximum atomic E-state index is 8.51. The van der Waals surface area contributed by atoms with Crippen LogP contribution in [0.4, 0.5) is 0 Å². The van der Waals surface area contributed by atoms with E-state index in [1.54, 1.807) is 0 Å². The van der Waals surface area contributed by atoms with Gasteiger partial charge in [0.15, 0.2) is 0 Å². The third-order valence-electron chi connectivity index (χ3n) is 0.910. The summed E-state index contributed by atoms with van der Waals surface area (Å²) < 4.78 is 0. The van der Waals surface area contributed by atoms with Crippen molar-refractivity contribution in [2.75, 3.05) is 24.4 Å². The quantitative estimate of drug-likeness (QED) is 0.603. The highest BCUT2D eigenvalue weighted by Crippen LogP contribution is 1.92. The van der Waals surface area contributed by atoms with Crippen molar-refractivity contribution >= 4 is 26.8 Å². The van der Waals surface area contributed by atoms with E-state index in [4.69, 9.17) is 5.11 Å². The first-order valence-electron chi connectivity index (χ1n) is 2.76. The highest BCUT2D eigenvalue weighted by Gasteiger charge is 2.04. The summed E-state index contributed by atoms with van der Waals surface area (Å²) in [5.41, 5.74) is 0. The van der Waals surface area contributed by atoms with E-state index in [9.17, 15) is 0 Å². The number of aliphatic hydroxyl groups excluding tert-OH is 1. The van der Waals surface area contributed by atoms with Gasteiger partial charge in [-0.3, -0.25) is 0 Å². The largest absolute Gasteiger partial charge is 1.00 e. The van der Waals surface area contributed by atoms with E-state index in [0.717, 1.165) is 11.5 Å². The van der Waals surface area contributed by atoms with Gasteiger partial charge in [0.2, 0.25) is 0 Å². The summed E-state index contributed by atoms with van der Waals surface area (Å²) in [5, 5.41) is 8.51. The van der Waals surface area contributed by atoms with Crippen LogP contribution in [0.15, 0.2) is 11.1 Å². The predicted molar refractivity (Wildman–Crippen MR) is 48.2 cm³/mol. The minimum Gasteiger partial charge on any atom is -1.00 e. The molecule has 4 heteroatoms. The molecule has 0 amide bonds. The Morgan fingerprint density at radius 1 is 1.60 bits per heavy atom. The second kappa shape index (κ2) is 10.0. The van der Waals surface area contributed by atoms with Crippen molar-refractivity contribution in [1.29, 1.82) is 0 Å². The molecule has 0 heterocycles. The summed E-state index contributed by atoms with van der Waals surface area (Å²) in [7, 11) is 0.363. The Labute approximate surface area is 84.1 Å². The molecule has 0 aliphatic carbocycles. The fourth-order valence-corrected chi connectivity index (χ4v) is 1.78. The highest BCUT2D eigenvalue weighted by atomic mass is 79.9. The number of aliphatic hydroxyl groups is 1. The lowest BCUT2D eigenvalue weighted by atomic mass is 10.8. The molecular weight excluding hydrogens is 280 g/mol. The van der Waals surface area contributed by atoms with E-state index in [-0.39, 0.29) is 17.0 Å². The van der Waals surface area contributed by atoms with Crippen molar-refractivity contribution in [3.8, 4) is 0 Å². The van der Waals surface area contributed by atoms with Crippen molar-refractivity contribution in [2.45, 2.75) is 0 Å². The summed E-state index contributed by atoms with van der Waals surface area (Å²) in [6.07, 6.45) is 4.22. The third-order valence-corrected chi connectivity index (χ3v) is 2.92. The molecule has 0 spiro atoms. The standard InChI is InChI=1S/C6H12BrOS.BrH/c1-9(6-4-8)5-2-3-7;/h2-3,8H,4-6H2,1H3;1H/q+1;/p-1. The van der Waals surface area contributed by atoms with Gasteiger partial charge in [-0.2, -0.15) is 0 Å². The molecule has 1 unspecified atom stereocenters. The molecule has 0 fully saturated rings. The van der Waals surface area contributed by atoms with Gasteiger partial charge in [-0.05, 0) is 22.0 Å². The van der Waals surface area contributed by atoms with E-state index in [1.807, 2.05) is 4.99 Å². The molecule has 0 radical (unpaired) electrons. The maximum Gasteiger partial charge on any atom is 0.131 e. The van der Waals surface area contributed by atoms with Gasteiger partial charge >= 0.3 is 0 Å². The SMILES string of the molecule is C[S+](CC=CBr)CCO.[Br-]. The van der Waals surface area contributed by atoms with Gasteiger partial charge < -0.3 is 22.1 Å². The van der Waals surface area contributed by atoms with Gasteiger partial charge in [-0.25, -0.2) is 0 Å². The Hall–Kier alpha value is 1.01. The Bertz CT molecular complexity index is 87.8. The maximum absolute atomic E-state index is 8.51. The lowest BCUT2D eigenvalue weighted by molar-refractivity contribution is -0.00000300. The summed E-state index contributed by atoms with van der Waals surface area (Å²) in [5.74, 6) is 2.00. The molecule has 1 atom stereocenters. The first-order chi connectivity index (χ1) is 4.31. The van der Waals surface area contributed by atoms with Crippen LogP contribution in [-0.2, 0) is 10.9 Å². The summed E-state index contributed by atoms with van der Waals surface area (Å²) in [4.78, 5) is 1.87. The average molecular weight is 292 g/mol. The predicted octanol–water partition coefficient (Wildman–Crippen LogP) is -1.86. The van der Waals surface area contributed by atoms with E-state index in [2.05, 4.69) is 28.3 Å². The van der Waals surface area contributed by atoms with E-state index < -0.39 is 0 Å². The van der Waals surface area contributed by atoms with Gasteiger partial charge in [0.1, 0.15) is 11.5 Å². The second-order valence-electron chi connectivity index (χ2n) is 1.74. The topological polar surface area (TPSA) is 20.2 Å². The number of rotatable bonds is 4. The molecule has 0 bridgehead atoms. The average Bonchev–Trinajstić information content (AvgIpc) is 1.85. The van der Waals surface area contributed by atoms with E-state index in [0.29, 0.717) is 17.5 Å². The minimum atomic E-state index is 0. The molecule has 0 aliphatic heterocycles. The molecule has 0 aliphatic rings. The Balaban J connectivity index is 0. The van der Waals surface area contributed by atoms with Crippen LogP contribution in [0.1, 0.15) is 0 Å². The monoisotopic (exact) mass is 290 g/mol. The minimum absolute atomic E-state index is 0. The molecule has 0 aromatic heterocycles. The molecule has 0 saturated heterocycles. The normalized spacial score (nSPS) is 13.1. The fourth-order valence-electron chi connectivity index (χ4n) is 0.440. The smallest absolute Gasteiger partial charge is 0.131 e. The van der Waals surface area contributed by atoms with Crippen molar-refractivity contribution < 1.29 is 22.1 Å². The van der Waals surface area contributed by atoms with Crippen LogP contribution in [0.2, 0.25) is 0 Å². The van der Waals surface area contributed by atoms with Gasteiger partial charge in [-0.15, -0.1) is 0 Å². The van der Waals surface area contributed by atoms with E-state index >= 15 is 0 Å². The molecule has 0 aromatic carbocycles. The summed E-state index contributed by atoms with van der Waals surface area (Å²) >= 11 is 3.19. The van der Waals surface area contributed by atoms with Crippen LogP contribution >= 0.6 is 15.9 Å². The van der Waals surface area contributed by atoms with Gasteiger partial charge in [0.05, 0.1) is 12.9 Å². The summed E-state index contributed by atoms with van der Waals surface area (Å²) in [6, 6.07) is 0. The molecule has 1 nitrogen and oxygen atoms in total. The van der Waals surface area contributed by atoms with Crippen LogP contribution in [0, 0.1) is 0 Å². The second-order valence-corrected chi connectivity index (χ2v) is 4.57. The van der Waals surface area contributed by atoms with Gasteiger partial charge in [0, 0.05) is 0 Å². The number of hydrogen-bond donors (Lipinski definition) is 1. The van der Waals surface area contributed by atoms with Crippen molar-refractivity contribution in [3.05, 3.63) is 11.1 Å². The Kier molecular flexibility index (Phi) is 13.6. The van der Waals surface area contributed by atoms with E-state index in [1.165, 1.54) is 0 Å². The first-order valence-corrected chi connectivity index (χ1v) is 5.65. The van der Waals surface area contributed by atoms with Crippen molar-refractivity contribution in [2.24, 2.45) is 0 Å². The molecule has 0 saturated carbocycles. The van der Waals surface area contributed by atoms with Crippen LogP contribution < -0.4 is 17.0 Å². The molecule has 1 N–H and O–H groups in total. The van der Waals surface area contributed by atoms with Crippen molar-refractivity contribution in [3.63, 3.8) is 0 Å². The highest BCUT2D eigenvalue weighted by molar-refractivity contribution is 9.11. The third kappa shape index (κ3) is 9.01. The molecule has 0 rings (SSSR count). The molecule has 10 heavy (non-hydrogen) atoms. The Morgan fingerprint density at radius 3 is 2.60 bits per heavy atom. The van der Waals surface area contributed by atoms with Crippen LogP contribution in [0.3, 0.4) is 0 Å². The Morgan fingerprint density at radius 2 is 2.20 bits per heavy atom. The number of halogens is 2. The van der Waals surface area contributed by atoms with Crippen molar-refractivity contribution in [1.82, 2.24) is 0 Å². The zero-order chi connectivity index (χ0) is 7.11. The fraction of sp³-hybridized carbons (Fsp3) is 0.667. The van der Waals surface area contributed by atoms with Gasteiger partial charge in [0.25, 0.3) is 0 Å². The van der Waals surface area contributed by atoms with Crippen LogP contribution in [0.25, 0.3) is 0 Å². The van der Waals surface area contributed by atoms with Crippen LogP contribution in [-0.4, -0.2) is 29.5 Å². The molecule has 62 valence electrons. The zero-order valence-corrected chi connectivity index (χ0v) is 9.88. The van der Waals surface area contributed by atoms with Gasteiger partial charge in [-0.1, -0.05) is 15.9 Å². The number of hydrogen-bond acceptors (Lipinski definition) is 1.